The highest BCUT2D eigenvalue weighted by Crippen LogP contribution is 2.41. The molecular weight excluding hydrogens is 791 g/mol. The van der Waals surface area contributed by atoms with E-state index in [1.165, 1.54) is 97.4 Å². The van der Waals surface area contributed by atoms with E-state index in [1.807, 2.05) is 11.3 Å². The average Bonchev–Trinajstić information content (AvgIpc) is 3.74. The number of rotatable bonds is 8. The Morgan fingerprint density at radius 3 is 1.36 bits per heavy atom. The minimum Gasteiger partial charge on any atom is -0.310 e. The smallest absolute Gasteiger partial charge is 0.0468 e. The van der Waals surface area contributed by atoms with E-state index < -0.39 is 0 Å². The van der Waals surface area contributed by atoms with Crippen LogP contribution >= 0.6 is 11.3 Å². The lowest BCUT2D eigenvalue weighted by Gasteiger charge is -2.26. The largest absolute Gasteiger partial charge is 0.310 e. The first-order valence-corrected chi connectivity index (χ1v) is 22.7. The Labute approximate surface area is 377 Å². The molecule has 12 rings (SSSR count). The van der Waals surface area contributed by atoms with E-state index in [2.05, 4.69) is 254 Å². The summed E-state index contributed by atoms with van der Waals surface area (Å²) in [6, 6.07) is 90.8. The van der Waals surface area contributed by atoms with Gasteiger partial charge in [0, 0.05) is 37.2 Å². The van der Waals surface area contributed by atoms with Crippen molar-refractivity contribution in [1.82, 2.24) is 0 Å². The molecule has 0 aliphatic carbocycles. The van der Waals surface area contributed by atoms with Gasteiger partial charge in [0.15, 0.2) is 0 Å². The summed E-state index contributed by atoms with van der Waals surface area (Å²) in [6.07, 6.45) is 0. The fourth-order valence-electron chi connectivity index (χ4n) is 9.33. The number of thiophene rings is 1. The van der Waals surface area contributed by atoms with Gasteiger partial charge in [-0.3, -0.25) is 0 Å². The van der Waals surface area contributed by atoms with Crippen LogP contribution < -0.4 is 4.90 Å². The minimum atomic E-state index is 1.11. The van der Waals surface area contributed by atoms with Crippen molar-refractivity contribution in [2.45, 2.75) is 0 Å². The Morgan fingerprint density at radius 1 is 0.234 bits per heavy atom. The van der Waals surface area contributed by atoms with Crippen molar-refractivity contribution in [3.05, 3.63) is 249 Å². The van der Waals surface area contributed by atoms with Crippen LogP contribution in [0.25, 0.3) is 97.4 Å². The van der Waals surface area contributed by atoms with Gasteiger partial charge in [-0.25, -0.2) is 0 Å². The monoisotopic (exact) mass is 831 g/mol. The molecule has 0 bridgehead atoms. The Kier molecular flexibility index (Phi) is 9.43. The number of anilines is 3. The molecule has 0 saturated heterocycles. The van der Waals surface area contributed by atoms with Crippen LogP contribution in [0.2, 0.25) is 0 Å². The molecule has 2 heteroatoms. The topological polar surface area (TPSA) is 3.24 Å². The summed E-state index contributed by atoms with van der Waals surface area (Å²) >= 11 is 1.87. The van der Waals surface area contributed by atoms with Gasteiger partial charge in [-0.05, 0) is 144 Å². The highest BCUT2D eigenvalue weighted by Gasteiger charge is 2.15. The number of nitrogens with zero attached hydrogens (tertiary/aromatic N) is 1. The summed E-state index contributed by atoms with van der Waals surface area (Å²) in [5.41, 5.74) is 15.5. The van der Waals surface area contributed by atoms with E-state index in [4.69, 9.17) is 0 Å². The van der Waals surface area contributed by atoms with Gasteiger partial charge in [0.2, 0.25) is 0 Å². The van der Waals surface area contributed by atoms with Gasteiger partial charge < -0.3 is 4.90 Å². The molecule has 0 fully saturated rings. The van der Waals surface area contributed by atoms with Crippen LogP contribution in [0.1, 0.15) is 0 Å². The highest BCUT2D eigenvalue weighted by molar-refractivity contribution is 7.25. The van der Waals surface area contributed by atoms with E-state index in [0.717, 1.165) is 17.1 Å². The van der Waals surface area contributed by atoms with Gasteiger partial charge in [-0.2, -0.15) is 0 Å². The van der Waals surface area contributed by atoms with Crippen LogP contribution in [0.4, 0.5) is 17.1 Å². The van der Waals surface area contributed by atoms with Crippen LogP contribution in [-0.2, 0) is 0 Å². The van der Waals surface area contributed by atoms with Gasteiger partial charge >= 0.3 is 0 Å². The van der Waals surface area contributed by atoms with Gasteiger partial charge in [0.25, 0.3) is 0 Å². The molecule has 64 heavy (non-hydrogen) atoms. The van der Waals surface area contributed by atoms with Gasteiger partial charge in [0.05, 0.1) is 0 Å². The zero-order valence-corrected chi connectivity index (χ0v) is 35.8. The second-order valence-corrected chi connectivity index (χ2v) is 17.6. The van der Waals surface area contributed by atoms with Crippen LogP contribution in [0, 0.1) is 0 Å². The third-order valence-electron chi connectivity index (χ3n) is 12.7. The van der Waals surface area contributed by atoms with Crippen LogP contribution in [0.15, 0.2) is 249 Å². The third-order valence-corrected chi connectivity index (χ3v) is 13.8. The molecule has 1 aromatic heterocycles. The normalized spacial score (nSPS) is 11.4. The molecule has 0 N–H and O–H groups in total. The third kappa shape index (κ3) is 7.01. The Morgan fingerprint density at radius 2 is 0.672 bits per heavy atom. The first-order chi connectivity index (χ1) is 31.7. The number of hydrogen-bond donors (Lipinski definition) is 0. The lowest BCUT2D eigenvalue weighted by atomic mass is 9.95. The van der Waals surface area contributed by atoms with Crippen molar-refractivity contribution in [2.24, 2.45) is 0 Å². The molecule has 0 unspecified atom stereocenters. The second-order valence-electron chi connectivity index (χ2n) is 16.5. The molecular formula is C62H41NS. The summed E-state index contributed by atoms with van der Waals surface area (Å²) in [5.74, 6) is 0. The van der Waals surface area contributed by atoms with Crippen molar-refractivity contribution in [3.8, 4) is 55.6 Å². The van der Waals surface area contributed by atoms with E-state index in [1.54, 1.807) is 0 Å². The van der Waals surface area contributed by atoms with Gasteiger partial charge in [0.1, 0.15) is 0 Å². The Bertz CT molecular complexity index is 3630. The van der Waals surface area contributed by atoms with Crippen LogP contribution in [0.5, 0.6) is 0 Å². The van der Waals surface area contributed by atoms with Crippen molar-refractivity contribution < 1.29 is 0 Å². The molecule has 1 nitrogen and oxygen atoms in total. The standard InChI is InChI=1S/C62H41NS/c1-2-10-42(11-3-1)45-24-31-54(32-25-45)63(56-35-28-43-12-4-5-14-51(43)39-56)55-33-26-46(27-34-55)44-20-22-47(23-21-44)49-16-8-17-50(38-49)52-29-36-61-59(40-52)60-41-53(30-37-62(60)64-61)58-19-9-15-48-13-6-7-18-57(48)58/h1-41H. The zero-order chi connectivity index (χ0) is 42.4. The molecule has 0 aliphatic rings. The van der Waals surface area contributed by atoms with E-state index in [-0.39, 0.29) is 0 Å². The summed E-state index contributed by atoms with van der Waals surface area (Å²) in [7, 11) is 0. The summed E-state index contributed by atoms with van der Waals surface area (Å²) < 4.78 is 2.63. The number of benzene rings is 11. The Hall–Kier alpha value is -8.04. The number of hydrogen-bond acceptors (Lipinski definition) is 2. The quantitative estimate of drug-likeness (QED) is 0.147. The average molecular weight is 832 g/mol. The van der Waals surface area contributed by atoms with Crippen LogP contribution in [-0.4, -0.2) is 0 Å². The molecule has 0 spiro atoms. The molecule has 0 amide bonds. The predicted octanol–water partition coefficient (Wildman–Crippen LogP) is 18.2. The van der Waals surface area contributed by atoms with Crippen molar-refractivity contribution >= 4 is 70.1 Å². The van der Waals surface area contributed by atoms with E-state index in [0.29, 0.717) is 0 Å². The molecule has 300 valence electrons. The lowest BCUT2D eigenvalue weighted by molar-refractivity contribution is 1.29. The summed E-state index contributed by atoms with van der Waals surface area (Å²) in [4.78, 5) is 2.35. The molecule has 0 aliphatic heterocycles. The second kappa shape index (κ2) is 16.0. The van der Waals surface area contributed by atoms with E-state index >= 15 is 0 Å². The summed E-state index contributed by atoms with van der Waals surface area (Å²) in [6.45, 7) is 0. The number of fused-ring (bicyclic) bond motifs is 5. The Balaban J connectivity index is 0.827. The van der Waals surface area contributed by atoms with Crippen LogP contribution in [0.3, 0.4) is 0 Å². The predicted molar refractivity (Wildman–Crippen MR) is 276 cm³/mol. The highest BCUT2D eigenvalue weighted by atomic mass is 32.1. The van der Waals surface area contributed by atoms with Crippen molar-refractivity contribution in [1.29, 1.82) is 0 Å². The van der Waals surface area contributed by atoms with Gasteiger partial charge in [-0.1, -0.05) is 182 Å². The SMILES string of the molecule is c1ccc(-c2ccc(N(c3ccc(-c4ccc(-c5cccc(-c6ccc7sc8ccc(-c9cccc%10ccccc9%10)cc8c7c6)c5)cc4)cc3)c3ccc4ccccc4c3)cc2)cc1. The maximum atomic E-state index is 2.39. The molecule has 0 radical (unpaired) electrons. The first-order valence-electron chi connectivity index (χ1n) is 21.9. The fourth-order valence-corrected chi connectivity index (χ4v) is 10.4. The fraction of sp³-hybridized carbons (Fsp3) is 0. The summed E-state index contributed by atoms with van der Waals surface area (Å²) in [5, 5.41) is 7.62. The zero-order valence-electron chi connectivity index (χ0n) is 35.0. The molecule has 1 heterocycles. The minimum absolute atomic E-state index is 1.11. The maximum absolute atomic E-state index is 2.39. The van der Waals surface area contributed by atoms with E-state index in [9.17, 15) is 0 Å². The van der Waals surface area contributed by atoms with Gasteiger partial charge in [-0.15, -0.1) is 11.3 Å². The lowest BCUT2D eigenvalue weighted by Crippen LogP contribution is -2.09. The molecule has 0 atom stereocenters. The maximum Gasteiger partial charge on any atom is 0.0468 e. The first kappa shape index (κ1) is 37.7. The van der Waals surface area contributed by atoms with Crippen molar-refractivity contribution in [3.63, 3.8) is 0 Å². The molecule has 12 aromatic rings. The van der Waals surface area contributed by atoms with Crippen molar-refractivity contribution in [2.75, 3.05) is 4.90 Å². The molecule has 0 saturated carbocycles. The molecule has 11 aromatic carbocycles.